The molecule has 30 heavy (non-hydrogen) atoms. The highest BCUT2D eigenvalue weighted by atomic mass is 32.2. The summed E-state index contributed by atoms with van der Waals surface area (Å²) in [7, 11) is -2.46. The van der Waals surface area contributed by atoms with E-state index >= 15 is 0 Å². The maximum atomic E-state index is 12.3. The quantitative estimate of drug-likeness (QED) is 0.686. The second-order valence-corrected chi connectivity index (χ2v) is 9.59. The average molecular weight is 428 g/mol. The van der Waals surface area contributed by atoms with Crippen molar-refractivity contribution in [3.8, 4) is 16.9 Å². The summed E-state index contributed by atoms with van der Waals surface area (Å²) in [6.07, 6.45) is 3.48. The van der Waals surface area contributed by atoms with Gasteiger partial charge >= 0.3 is 5.97 Å². The summed E-state index contributed by atoms with van der Waals surface area (Å²) in [4.78, 5) is 11.4. The number of aryl methyl sites for hydroxylation is 1. The van der Waals surface area contributed by atoms with E-state index in [4.69, 9.17) is 4.74 Å². The summed E-state index contributed by atoms with van der Waals surface area (Å²) >= 11 is 0. The van der Waals surface area contributed by atoms with Gasteiger partial charge in [-0.15, -0.1) is 0 Å². The van der Waals surface area contributed by atoms with Crippen molar-refractivity contribution in [2.24, 2.45) is 0 Å². The van der Waals surface area contributed by atoms with Crippen LogP contribution in [0.25, 0.3) is 16.7 Å². The van der Waals surface area contributed by atoms with E-state index in [1.807, 2.05) is 12.1 Å². The average Bonchev–Trinajstić information content (AvgIpc) is 3.21. The Labute approximate surface area is 177 Å². The molecule has 0 atom stereocenters. The van der Waals surface area contributed by atoms with E-state index in [0.717, 1.165) is 29.9 Å². The molecule has 0 radical (unpaired) electrons. The third-order valence-electron chi connectivity index (χ3n) is 5.69. The number of carbonyl (C=O) groups is 1. The maximum Gasteiger partial charge on any atom is 0.322 e. The number of nitrogens with zero attached hydrogens (tertiary/aromatic N) is 1. The van der Waals surface area contributed by atoms with E-state index in [2.05, 4.69) is 42.0 Å². The molecular weight excluding hydrogens is 402 g/mol. The molecule has 0 amide bonds. The van der Waals surface area contributed by atoms with Crippen molar-refractivity contribution in [2.45, 2.75) is 19.8 Å². The lowest BCUT2D eigenvalue weighted by molar-refractivity contribution is -0.137. The third-order valence-corrected chi connectivity index (χ3v) is 7.41. The van der Waals surface area contributed by atoms with Crippen molar-refractivity contribution in [3.05, 3.63) is 59.2 Å². The van der Waals surface area contributed by atoms with Gasteiger partial charge in [0.2, 0.25) is 10.0 Å². The zero-order chi connectivity index (χ0) is 21.3. The van der Waals surface area contributed by atoms with Crippen molar-refractivity contribution in [2.75, 3.05) is 32.6 Å². The predicted octanol–water partition coefficient (Wildman–Crippen LogP) is 3.19. The predicted molar refractivity (Wildman–Crippen MR) is 116 cm³/mol. The Balaban J connectivity index is 1.51. The lowest BCUT2D eigenvalue weighted by atomic mass is 9.93. The largest absolute Gasteiger partial charge is 0.493 e. The third kappa shape index (κ3) is 4.13. The second-order valence-electron chi connectivity index (χ2n) is 7.62. The van der Waals surface area contributed by atoms with Crippen LogP contribution in [-0.2, 0) is 26.0 Å². The van der Waals surface area contributed by atoms with Crippen LogP contribution < -0.4 is 4.74 Å². The number of ether oxygens (including phenoxy) is 2. The van der Waals surface area contributed by atoms with Crippen LogP contribution >= 0.6 is 0 Å². The number of sulfonamides is 1. The van der Waals surface area contributed by atoms with Crippen molar-refractivity contribution >= 4 is 21.6 Å². The molecule has 0 N–H and O–H groups in total. The zero-order valence-electron chi connectivity index (χ0n) is 17.2. The number of hydrogen-bond acceptors (Lipinski definition) is 5. The number of benzene rings is 2. The van der Waals surface area contributed by atoms with Crippen molar-refractivity contribution < 1.29 is 22.7 Å². The smallest absolute Gasteiger partial charge is 0.322 e. The molecule has 6 nitrogen and oxygen atoms in total. The van der Waals surface area contributed by atoms with E-state index < -0.39 is 21.7 Å². The van der Waals surface area contributed by atoms with Crippen LogP contribution in [0.2, 0.25) is 0 Å². The van der Waals surface area contributed by atoms with Gasteiger partial charge < -0.3 is 9.47 Å². The van der Waals surface area contributed by atoms with Crippen LogP contribution in [0.5, 0.6) is 5.75 Å². The van der Waals surface area contributed by atoms with Crippen LogP contribution in [0, 0.1) is 6.92 Å². The summed E-state index contributed by atoms with van der Waals surface area (Å²) in [5, 5.41) is 0. The molecule has 2 aromatic rings. The summed E-state index contributed by atoms with van der Waals surface area (Å²) < 4.78 is 36.1. The minimum absolute atomic E-state index is 0.264. The monoisotopic (exact) mass is 427 g/mol. The SMILES string of the molecule is COC(=O)CS(=O)(=O)N1CC=C(c2ccc(-c3ccc4c(c3)CCO4)c(C)c2)CC1. The normalized spacial score (nSPS) is 16.5. The van der Waals surface area contributed by atoms with Gasteiger partial charge in [0, 0.05) is 19.5 Å². The van der Waals surface area contributed by atoms with Crippen LogP contribution in [0.3, 0.4) is 0 Å². The molecule has 0 saturated carbocycles. The first kappa shape index (κ1) is 20.6. The summed E-state index contributed by atoms with van der Waals surface area (Å²) in [6.45, 7) is 3.47. The first-order valence-electron chi connectivity index (χ1n) is 9.98. The molecule has 0 bridgehead atoms. The Morgan fingerprint density at radius 1 is 1.13 bits per heavy atom. The Kier molecular flexibility index (Phi) is 5.66. The van der Waals surface area contributed by atoms with E-state index in [0.29, 0.717) is 13.0 Å². The van der Waals surface area contributed by atoms with E-state index in [-0.39, 0.29) is 6.54 Å². The van der Waals surface area contributed by atoms with Gasteiger partial charge in [-0.2, -0.15) is 4.31 Å². The fourth-order valence-corrected chi connectivity index (χ4v) is 5.28. The number of carbonyl (C=O) groups excluding carboxylic acids is 1. The molecule has 2 aliphatic heterocycles. The number of methoxy groups -OCH3 is 1. The lowest BCUT2D eigenvalue weighted by Gasteiger charge is -2.25. The Bertz CT molecular complexity index is 1120. The first-order chi connectivity index (χ1) is 14.4. The molecular formula is C23H25NO5S. The second kappa shape index (κ2) is 8.24. The highest BCUT2D eigenvalue weighted by Gasteiger charge is 2.27. The standard InChI is InChI=1S/C23H25NO5S/c1-16-13-18(3-5-21(16)19-4-6-22-20(14-19)9-12-29-22)17-7-10-24(11-8-17)30(26,27)15-23(25)28-2/h3-7,13-14H,8-12,15H2,1-2H3. The lowest BCUT2D eigenvalue weighted by Crippen LogP contribution is -2.38. The number of esters is 1. The Morgan fingerprint density at radius 3 is 2.63 bits per heavy atom. The van der Waals surface area contributed by atoms with Crippen LogP contribution in [0.15, 0.2) is 42.5 Å². The van der Waals surface area contributed by atoms with Gasteiger partial charge in [0.15, 0.2) is 5.75 Å². The first-order valence-corrected chi connectivity index (χ1v) is 11.6. The molecule has 0 fully saturated rings. The van der Waals surface area contributed by atoms with Gasteiger partial charge in [-0.1, -0.05) is 30.3 Å². The topological polar surface area (TPSA) is 72.9 Å². The van der Waals surface area contributed by atoms with Crippen LogP contribution in [-0.4, -0.2) is 51.3 Å². The minimum atomic E-state index is -3.65. The molecule has 4 rings (SSSR count). The maximum absolute atomic E-state index is 12.3. The summed E-state index contributed by atoms with van der Waals surface area (Å²) in [6, 6.07) is 12.7. The minimum Gasteiger partial charge on any atom is -0.493 e. The molecule has 7 heteroatoms. The van der Waals surface area contributed by atoms with E-state index in [1.54, 1.807) is 0 Å². The number of hydrogen-bond donors (Lipinski definition) is 0. The van der Waals surface area contributed by atoms with Gasteiger partial charge in [0.05, 0.1) is 13.7 Å². The molecule has 158 valence electrons. The molecule has 0 spiro atoms. The van der Waals surface area contributed by atoms with Gasteiger partial charge in [-0.25, -0.2) is 8.42 Å². The zero-order valence-corrected chi connectivity index (χ0v) is 18.0. The van der Waals surface area contributed by atoms with Crippen molar-refractivity contribution in [3.63, 3.8) is 0 Å². The van der Waals surface area contributed by atoms with E-state index in [9.17, 15) is 13.2 Å². The molecule has 2 heterocycles. The van der Waals surface area contributed by atoms with Gasteiger partial charge in [0.25, 0.3) is 0 Å². The van der Waals surface area contributed by atoms with Gasteiger partial charge in [0.1, 0.15) is 5.75 Å². The van der Waals surface area contributed by atoms with Gasteiger partial charge in [-0.05, 0) is 58.9 Å². The summed E-state index contributed by atoms with van der Waals surface area (Å²) in [5.41, 5.74) is 7.02. The fourth-order valence-electron chi connectivity index (χ4n) is 4.01. The molecule has 0 saturated heterocycles. The molecule has 0 aliphatic carbocycles. The molecule has 0 aromatic heterocycles. The van der Waals surface area contributed by atoms with Gasteiger partial charge in [-0.3, -0.25) is 4.79 Å². The Morgan fingerprint density at radius 2 is 1.93 bits per heavy atom. The van der Waals surface area contributed by atoms with Crippen molar-refractivity contribution in [1.82, 2.24) is 4.31 Å². The molecule has 0 unspecified atom stereocenters. The summed E-state index contributed by atoms with van der Waals surface area (Å²) in [5.74, 6) is -0.382. The van der Waals surface area contributed by atoms with Crippen molar-refractivity contribution in [1.29, 1.82) is 0 Å². The fraction of sp³-hybridized carbons (Fsp3) is 0.348. The highest BCUT2D eigenvalue weighted by molar-refractivity contribution is 7.89. The molecule has 2 aromatic carbocycles. The number of fused-ring (bicyclic) bond motifs is 1. The van der Waals surface area contributed by atoms with E-state index in [1.165, 1.54) is 33.7 Å². The number of rotatable bonds is 5. The molecule has 2 aliphatic rings. The van der Waals surface area contributed by atoms with Crippen LogP contribution in [0.4, 0.5) is 0 Å². The van der Waals surface area contributed by atoms with Crippen LogP contribution in [0.1, 0.15) is 23.1 Å². The highest BCUT2D eigenvalue weighted by Crippen LogP contribution is 2.33. The Hall–Kier alpha value is -2.64.